The van der Waals surface area contributed by atoms with Gasteiger partial charge in [0, 0.05) is 10.1 Å². The van der Waals surface area contributed by atoms with Crippen LogP contribution in [0.3, 0.4) is 0 Å². The van der Waals surface area contributed by atoms with Crippen LogP contribution in [0.15, 0.2) is 29.2 Å². The molecule has 0 radical (unpaired) electrons. The zero-order valence-corrected chi connectivity index (χ0v) is 12.2. The fraction of sp³-hybridized carbons (Fsp3) is 0.385. The molecule has 0 aliphatic carbocycles. The maximum absolute atomic E-state index is 11.8. The summed E-state index contributed by atoms with van der Waals surface area (Å²) in [4.78, 5) is 12.5. The summed E-state index contributed by atoms with van der Waals surface area (Å²) in [5.74, 6) is -0.221. The molecule has 1 saturated heterocycles. The molecule has 0 aromatic heterocycles. The number of esters is 1. The second-order valence-electron chi connectivity index (χ2n) is 4.37. The SMILES string of the molecule is N#CCOC(=O)c1ccccc1S[C@H]1CCS(=O)(=O)C1. The Bertz CT molecular complexity index is 649. The van der Waals surface area contributed by atoms with Crippen molar-refractivity contribution in [3.05, 3.63) is 29.8 Å². The summed E-state index contributed by atoms with van der Waals surface area (Å²) >= 11 is 1.38. The molecule has 1 aromatic carbocycles. The van der Waals surface area contributed by atoms with E-state index in [0.29, 0.717) is 16.9 Å². The molecule has 7 heteroatoms. The second-order valence-corrected chi connectivity index (χ2v) is 7.94. The van der Waals surface area contributed by atoms with Gasteiger partial charge < -0.3 is 4.74 Å². The molecular formula is C13H13NO4S2. The number of nitriles is 1. The largest absolute Gasteiger partial charge is 0.447 e. The van der Waals surface area contributed by atoms with Gasteiger partial charge in [-0.2, -0.15) is 5.26 Å². The Hall–Kier alpha value is -1.52. The molecule has 0 amide bonds. The van der Waals surface area contributed by atoms with Crippen LogP contribution in [0.2, 0.25) is 0 Å². The van der Waals surface area contributed by atoms with Gasteiger partial charge in [-0.3, -0.25) is 0 Å². The lowest BCUT2D eigenvalue weighted by Crippen LogP contribution is -2.09. The molecule has 5 nitrogen and oxygen atoms in total. The van der Waals surface area contributed by atoms with Crippen LogP contribution in [0, 0.1) is 11.3 Å². The van der Waals surface area contributed by atoms with Gasteiger partial charge in [-0.05, 0) is 18.6 Å². The number of carbonyl (C=O) groups excluding carboxylic acids is 1. The Morgan fingerprint density at radius 3 is 2.85 bits per heavy atom. The maximum Gasteiger partial charge on any atom is 0.340 e. The van der Waals surface area contributed by atoms with Gasteiger partial charge in [0.15, 0.2) is 16.4 Å². The monoisotopic (exact) mass is 311 g/mol. The normalized spacial score (nSPS) is 20.2. The Labute approximate surface area is 121 Å². The summed E-state index contributed by atoms with van der Waals surface area (Å²) in [7, 11) is -2.94. The molecule has 2 rings (SSSR count). The van der Waals surface area contributed by atoms with Gasteiger partial charge in [0.25, 0.3) is 0 Å². The van der Waals surface area contributed by atoms with E-state index in [4.69, 9.17) is 10.00 Å². The summed E-state index contributed by atoms with van der Waals surface area (Å²) in [6, 6.07) is 8.61. The summed E-state index contributed by atoms with van der Waals surface area (Å²) in [5.41, 5.74) is 0.372. The number of rotatable bonds is 4. The first kappa shape index (κ1) is 14.9. The van der Waals surface area contributed by atoms with Gasteiger partial charge in [-0.1, -0.05) is 12.1 Å². The summed E-state index contributed by atoms with van der Waals surface area (Å²) < 4.78 is 27.7. The quantitative estimate of drug-likeness (QED) is 0.786. The van der Waals surface area contributed by atoms with Crippen LogP contribution in [-0.4, -0.2) is 37.7 Å². The molecule has 106 valence electrons. The van der Waals surface area contributed by atoms with Crippen molar-refractivity contribution in [3.8, 4) is 6.07 Å². The minimum absolute atomic E-state index is 0.0371. The predicted molar refractivity (Wildman–Crippen MR) is 75.3 cm³/mol. The van der Waals surface area contributed by atoms with E-state index >= 15 is 0 Å². The first-order valence-corrected chi connectivity index (χ1v) is 8.72. The number of nitrogens with zero attached hydrogens (tertiary/aromatic N) is 1. The third-order valence-electron chi connectivity index (χ3n) is 2.86. The molecule has 0 saturated carbocycles. The van der Waals surface area contributed by atoms with Crippen LogP contribution in [0.5, 0.6) is 0 Å². The third-order valence-corrected chi connectivity index (χ3v) is 6.18. The minimum atomic E-state index is -2.94. The van der Waals surface area contributed by atoms with E-state index in [0.717, 1.165) is 0 Å². The molecular weight excluding hydrogens is 298 g/mol. The Kier molecular flexibility index (Phi) is 4.68. The van der Waals surface area contributed by atoms with Crippen molar-refractivity contribution in [1.82, 2.24) is 0 Å². The topological polar surface area (TPSA) is 84.2 Å². The van der Waals surface area contributed by atoms with Crippen molar-refractivity contribution < 1.29 is 17.9 Å². The van der Waals surface area contributed by atoms with Crippen molar-refractivity contribution in [3.63, 3.8) is 0 Å². The number of sulfone groups is 1. The van der Waals surface area contributed by atoms with Crippen LogP contribution in [0.25, 0.3) is 0 Å². The third kappa shape index (κ3) is 3.74. The maximum atomic E-state index is 11.8. The van der Waals surface area contributed by atoms with Crippen molar-refractivity contribution >= 4 is 27.6 Å². The average Bonchev–Trinajstić information content (AvgIpc) is 2.76. The van der Waals surface area contributed by atoms with Gasteiger partial charge in [0.05, 0.1) is 17.1 Å². The molecule has 20 heavy (non-hydrogen) atoms. The average molecular weight is 311 g/mol. The standard InChI is InChI=1S/C13H13NO4S2/c14-6-7-18-13(15)11-3-1-2-4-12(11)19-10-5-8-20(16,17)9-10/h1-4,10H,5,7-9H2/t10-/m0/s1. The lowest BCUT2D eigenvalue weighted by molar-refractivity contribution is 0.0551. The number of thioether (sulfide) groups is 1. The van der Waals surface area contributed by atoms with Crippen LogP contribution in [0.1, 0.15) is 16.8 Å². The predicted octanol–water partition coefficient (Wildman–Crippen LogP) is 1.65. The highest BCUT2D eigenvalue weighted by molar-refractivity contribution is 8.02. The van der Waals surface area contributed by atoms with Crippen LogP contribution >= 0.6 is 11.8 Å². The molecule has 1 aliphatic rings. The zero-order chi connectivity index (χ0) is 14.6. The number of hydrogen-bond donors (Lipinski definition) is 0. The number of carbonyl (C=O) groups is 1. The summed E-state index contributed by atoms with van der Waals surface area (Å²) in [6.45, 7) is -0.296. The second kappa shape index (κ2) is 6.29. The summed E-state index contributed by atoms with van der Waals surface area (Å²) in [6.07, 6.45) is 0.592. The van der Waals surface area contributed by atoms with E-state index < -0.39 is 15.8 Å². The molecule has 0 unspecified atom stereocenters. The minimum Gasteiger partial charge on any atom is -0.447 e. The van der Waals surface area contributed by atoms with Gasteiger partial charge in [0.1, 0.15) is 6.07 Å². The molecule has 1 fully saturated rings. The molecule has 0 spiro atoms. The Morgan fingerprint density at radius 1 is 1.45 bits per heavy atom. The fourth-order valence-electron chi connectivity index (χ4n) is 1.95. The molecule has 1 atom stereocenters. The van der Waals surface area contributed by atoms with Gasteiger partial charge >= 0.3 is 5.97 Å². The van der Waals surface area contributed by atoms with Crippen LogP contribution in [0.4, 0.5) is 0 Å². The lowest BCUT2D eigenvalue weighted by Gasteiger charge is -2.11. The van der Waals surface area contributed by atoms with E-state index in [9.17, 15) is 13.2 Å². The van der Waals surface area contributed by atoms with Crippen molar-refractivity contribution in [2.45, 2.75) is 16.6 Å². The van der Waals surface area contributed by atoms with Crippen molar-refractivity contribution in [2.24, 2.45) is 0 Å². The molecule has 1 aliphatic heterocycles. The van der Waals surface area contributed by atoms with Crippen LogP contribution < -0.4 is 0 Å². The van der Waals surface area contributed by atoms with Crippen molar-refractivity contribution in [1.29, 1.82) is 5.26 Å². The van der Waals surface area contributed by atoms with E-state index in [1.54, 1.807) is 30.3 Å². The van der Waals surface area contributed by atoms with E-state index in [-0.39, 0.29) is 23.4 Å². The summed E-state index contributed by atoms with van der Waals surface area (Å²) in [5, 5.41) is 8.38. The Morgan fingerprint density at radius 2 is 2.20 bits per heavy atom. The molecule has 0 bridgehead atoms. The lowest BCUT2D eigenvalue weighted by atomic mass is 10.2. The zero-order valence-electron chi connectivity index (χ0n) is 10.6. The van der Waals surface area contributed by atoms with E-state index in [2.05, 4.69) is 0 Å². The van der Waals surface area contributed by atoms with E-state index in [1.807, 2.05) is 0 Å². The van der Waals surface area contributed by atoms with Gasteiger partial charge in [-0.25, -0.2) is 13.2 Å². The molecule has 1 heterocycles. The highest BCUT2D eigenvalue weighted by Crippen LogP contribution is 2.33. The van der Waals surface area contributed by atoms with Crippen LogP contribution in [-0.2, 0) is 14.6 Å². The van der Waals surface area contributed by atoms with Gasteiger partial charge in [0.2, 0.25) is 0 Å². The Balaban J connectivity index is 2.12. The number of benzene rings is 1. The van der Waals surface area contributed by atoms with E-state index in [1.165, 1.54) is 11.8 Å². The number of hydrogen-bond acceptors (Lipinski definition) is 6. The molecule has 1 aromatic rings. The highest BCUT2D eigenvalue weighted by atomic mass is 32.2. The highest BCUT2D eigenvalue weighted by Gasteiger charge is 2.29. The smallest absolute Gasteiger partial charge is 0.340 e. The molecule has 0 N–H and O–H groups in total. The fourth-order valence-corrected chi connectivity index (χ4v) is 5.56. The first-order chi connectivity index (χ1) is 9.52. The first-order valence-electron chi connectivity index (χ1n) is 6.02. The van der Waals surface area contributed by atoms with Gasteiger partial charge in [-0.15, -0.1) is 11.8 Å². The number of ether oxygens (including phenoxy) is 1. The van der Waals surface area contributed by atoms with Crippen molar-refractivity contribution in [2.75, 3.05) is 18.1 Å².